The molecule has 1 aliphatic heterocycles. The van der Waals surface area contributed by atoms with Crippen LogP contribution in [-0.2, 0) is 29.1 Å². The molecule has 4 nitrogen and oxygen atoms in total. The van der Waals surface area contributed by atoms with Crippen molar-refractivity contribution in [3.8, 4) is 0 Å². The number of aryl methyl sites for hydroxylation is 1. The molecule has 0 spiro atoms. The van der Waals surface area contributed by atoms with Gasteiger partial charge >= 0.3 is 0 Å². The van der Waals surface area contributed by atoms with Gasteiger partial charge in [-0.2, -0.15) is 0 Å². The minimum atomic E-state index is -0.0775. The first-order valence-electron chi connectivity index (χ1n) is 8.68. The summed E-state index contributed by atoms with van der Waals surface area (Å²) in [5, 5.41) is 0. The number of carbonyl (C=O) groups excluding carboxylic acids is 2. The molecular formula is C21H24N2O2. The molecule has 0 aromatic heterocycles. The lowest BCUT2D eigenvalue weighted by molar-refractivity contribution is -0.140. The van der Waals surface area contributed by atoms with Crippen LogP contribution >= 0.6 is 0 Å². The maximum Gasteiger partial charge on any atom is 0.242 e. The van der Waals surface area contributed by atoms with Crippen molar-refractivity contribution < 1.29 is 9.59 Å². The van der Waals surface area contributed by atoms with Crippen LogP contribution in [0, 0.1) is 6.92 Å². The molecule has 0 unspecified atom stereocenters. The topological polar surface area (TPSA) is 40.6 Å². The van der Waals surface area contributed by atoms with Crippen molar-refractivity contribution in [1.82, 2.24) is 9.80 Å². The fourth-order valence-corrected chi connectivity index (χ4v) is 3.16. The predicted molar refractivity (Wildman–Crippen MR) is 97.8 cm³/mol. The van der Waals surface area contributed by atoms with Crippen LogP contribution in [0.25, 0.3) is 0 Å². The molecule has 25 heavy (non-hydrogen) atoms. The van der Waals surface area contributed by atoms with Gasteiger partial charge in [0, 0.05) is 26.6 Å². The molecule has 0 saturated heterocycles. The Morgan fingerprint density at radius 1 is 1.04 bits per heavy atom. The van der Waals surface area contributed by atoms with Crippen LogP contribution in [-0.4, -0.2) is 34.7 Å². The third-order valence-electron chi connectivity index (χ3n) is 4.75. The summed E-state index contributed by atoms with van der Waals surface area (Å²) in [6.07, 6.45) is 0.875. The largest absolute Gasteiger partial charge is 0.336 e. The molecule has 1 aliphatic rings. The number of hydrogen-bond donors (Lipinski definition) is 0. The molecular weight excluding hydrogens is 312 g/mol. The van der Waals surface area contributed by atoms with Gasteiger partial charge in [0.1, 0.15) is 6.54 Å². The molecule has 4 heteroatoms. The molecule has 130 valence electrons. The summed E-state index contributed by atoms with van der Waals surface area (Å²) >= 11 is 0. The number of fused-ring (bicyclic) bond motifs is 1. The van der Waals surface area contributed by atoms with Crippen LogP contribution in [0.5, 0.6) is 0 Å². The van der Waals surface area contributed by atoms with E-state index >= 15 is 0 Å². The molecule has 2 aromatic carbocycles. The molecule has 2 aromatic rings. The summed E-state index contributed by atoms with van der Waals surface area (Å²) in [7, 11) is 0. The lowest BCUT2D eigenvalue weighted by atomic mass is 10.00. The smallest absolute Gasteiger partial charge is 0.242 e. The van der Waals surface area contributed by atoms with Crippen LogP contribution in [0.3, 0.4) is 0 Å². The molecule has 0 radical (unpaired) electrons. The van der Waals surface area contributed by atoms with E-state index in [1.54, 1.807) is 4.90 Å². The van der Waals surface area contributed by atoms with Gasteiger partial charge in [0.15, 0.2) is 0 Å². The van der Waals surface area contributed by atoms with Crippen LogP contribution in [0.4, 0.5) is 0 Å². The fourth-order valence-electron chi connectivity index (χ4n) is 3.16. The molecule has 0 fully saturated rings. The van der Waals surface area contributed by atoms with Gasteiger partial charge < -0.3 is 9.80 Å². The van der Waals surface area contributed by atoms with E-state index in [1.807, 2.05) is 48.2 Å². The van der Waals surface area contributed by atoms with Crippen molar-refractivity contribution in [3.05, 3.63) is 70.8 Å². The van der Waals surface area contributed by atoms with Crippen molar-refractivity contribution in [2.45, 2.75) is 33.4 Å². The maximum absolute atomic E-state index is 12.7. The number of carbonyl (C=O) groups is 2. The number of benzene rings is 2. The van der Waals surface area contributed by atoms with Gasteiger partial charge in [-0.25, -0.2) is 0 Å². The first-order valence-corrected chi connectivity index (χ1v) is 8.68. The Kier molecular flexibility index (Phi) is 5.17. The minimum Gasteiger partial charge on any atom is -0.336 e. The summed E-state index contributed by atoms with van der Waals surface area (Å²) < 4.78 is 0. The van der Waals surface area contributed by atoms with Crippen molar-refractivity contribution in [2.75, 3.05) is 13.1 Å². The number of hydrogen-bond acceptors (Lipinski definition) is 2. The minimum absolute atomic E-state index is 0.0109. The van der Waals surface area contributed by atoms with Gasteiger partial charge in [0.25, 0.3) is 0 Å². The van der Waals surface area contributed by atoms with Crippen molar-refractivity contribution >= 4 is 11.8 Å². The van der Waals surface area contributed by atoms with Gasteiger partial charge in [-0.3, -0.25) is 9.59 Å². The second-order valence-corrected chi connectivity index (χ2v) is 6.69. The Morgan fingerprint density at radius 3 is 2.40 bits per heavy atom. The molecule has 2 amide bonds. The van der Waals surface area contributed by atoms with E-state index in [9.17, 15) is 9.59 Å². The van der Waals surface area contributed by atoms with Gasteiger partial charge in [-0.15, -0.1) is 0 Å². The number of nitrogens with zero attached hydrogens (tertiary/aromatic N) is 2. The highest BCUT2D eigenvalue weighted by atomic mass is 16.2. The highest BCUT2D eigenvalue weighted by Crippen LogP contribution is 2.19. The monoisotopic (exact) mass is 336 g/mol. The van der Waals surface area contributed by atoms with Crippen LogP contribution in [0.2, 0.25) is 0 Å². The Hall–Kier alpha value is -2.62. The zero-order valence-electron chi connectivity index (χ0n) is 14.9. The third kappa shape index (κ3) is 4.27. The van der Waals surface area contributed by atoms with Gasteiger partial charge in [-0.05, 0) is 30.0 Å². The summed E-state index contributed by atoms with van der Waals surface area (Å²) in [5.41, 5.74) is 4.74. The van der Waals surface area contributed by atoms with E-state index in [4.69, 9.17) is 0 Å². The maximum atomic E-state index is 12.7. The SMILES string of the molecule is CC(=O)N(CC(=O)N1CCc2ccccc2C1)Cc1ccc(C)cc1. The molecule has 0 N–H and O–H groups in total. The van der Waals surface area contributed by atoms with E-state index in [1.165, 1.54) is 23.6 Å². The lowest BCUT2D eigenvalue weighted by Crippen LogP contribution is -2.43. The van der Waals surface area contributed by atoms with E-state index in [-0.39, 0.29) is 18.4 Å². The summed E-state index contributed by atoms with van der Waals surface area (Å²) in [4.78, 5) is 28.2. The number of amides is 2. The summed E-state index contributed by atoms with van der Waals surface area (Å²) in [6.45, 7) is 5.49. The van der Waals surface area contributed by atoms with E-state index in [0.29, 0.717) is 19.6 Å². The predicted octanol–water partition coefficient (Wildman–Crippen LogP) is 2.93. The van der Waals surface area contributed by atoms with Gasteiger partial charge in [0.05, 0.1) is 0 Å². The van der Waals surface area contributed by atoms with E-state index in [2.05, 4.69) is 12.1 Å². The summed E-state index contributed by atoms with van der Waals surface area (Å²) in [6, 6.07) is 16.3. The average molecular weight is 336 g/mol. The summed E-state index contributed by atoms with van der Waals surface area (Å²) in [5.74, 6) is -0.0665. The Bertz CT molecular complexity index is 768. The molecule has 0 saturated carbocycles. The zero-order valence-corrected chi connectivity index (χ0v) is 14.9. The van der Waals surface area contributed by atoms with Crippen LogP contribution in [0.15, 0.2) is 48.5 Å². The number of rotatable bonds is 4. The average Bonchev–Trinajstić information content (AvgIpc) is 2.62. The highest BCUT2D eigenvalue weighted by Gasteiger charge is 2.23. The van der Waals surface area contributed by atoms with E-state index in [0.717, 1.165) is 12.0 Å². The third-order valence-corrected chi connectivity index (χ3v) is 4.75. The quantitative estimate of drug-likeness (QED) is 0.861. The van der Waals surface area contributed by atoms with Crippen molar-refractivity contribution in [2.24, 2.45) is 0 Å². The molecule has 0 aliphatic carbocycles. The van der Waals surface area contributed by atoms with E-state index < -0.39 is 0 Å². The zero-order chi connectivity index (χ0) is 17.8. The highest BCUT2D eigenvalue weighted by molar-refractivity contribution is 5.84. The lowest BCUT2D eigenvalue weighted by Gasteiger charge is -2.31. The molecule has 3 rings (SSSR count). The fraction of sp³-hybridized carbons (Fsp3) is 0.333. The van der Waals surface area contributed by atoms with Gasteiger partial charge in [-0.1, -0.05) is 54.1 Å². The van der Waals surface area contributed by atoms with Crippen LogP contribution in [0.1, 0.15) is 29.2 Å². The second-order valence-electron chi connectivity index (χ2n) is 6.69. The van der Waals surface area contributed by atoms with Crippen molar-refractivity contribution in [1.29, 1.82) is 0 Å². The molecule has 1 heterocycles. The molecule has 0 atom stereocenters. The standard InChI is InChI=1S/C21H24N2O2/c1-16-7-9-18(10-8-16)13-23(17(2)24)15-21(25)22-12-11-19-5-3-4-6-20(19)14-22/h3-10H,11-15H2,1-2H3. The Labute approximate surface area is 149 Å². The Balaban J connectivity index is 1.65. The normalized spacial score (nSPS) is 13.3. The first kappa shape index (κ1) is 17.2. The second kappa shape index (κ2) is 7.51. The molecule has 0 bridgehead atoms. The first-order chi connectivity index (χ1) is 12.0. The van der Waals surface area contributed by atoms with Crippen molar-refractivity contribution in [3.63, 3.8) is 0 Å². The van der Waals surface area contributed by atoms with Gasteiger partial charge in [0.2, 0.25) is 11.8 Å². The Morgan fingerprint density at radius 2 is 1.72 bits per heavy atom. The van der Waals surface area contributed by atoms with Crippen LogP contribution < -0.4 is 0 Å².